The van der Waals surface area contributed by atoms with E-state index in [9.17, 15) is 52.7 Å². The number of aliphatic carboxylic acids is 2. The van der Waals surface area contributed by atoms with Crippen molar-refractivity contribution in [1.82, 2.24) is 9.80 Å². The van der Waals surface area contributed by atoms with Crippen LogP contribution in [0, 0.1) is 0 Å². The number of hydrogen-bond donors (Lipinski definition) is 9. The van der Waals surface area contributed by atoms with Crippen molar-refractivity contribution in [3.8, 4) is 34.5 Å². The molecule has 0 bridgehead atoms. The van der Waals surface area contributed by atoms with Gasteiger partial charge in [-0.25, -0.2) is 43.2 Å². The average molecular weight is 1710 g/mol. The van der Waals surface area contributed by atoms with Gasteiger partial charge in [0.2, 0.25) is 10.5 Å². The van der Waals surface area contributed by atoms with Crippen molar-refractivity contribution < 1.29 is 132 Å². The second kappa shape index (κ2) is 66.4. The lowest BCUT2D eigenvalue weighted by atomic mass is 9.99. The van der Waals surface area contributed by atoms with Crippen molar-refractivity contribution in [2.75, 3.05) is 39.3 Å². The fourth-order valence-electron chi connectivity index (χ4n) is 6.91. The highest BCUT2D eigenvalue weighted by Crippen LogP contribution is 2.34. The lowest BCUT2D eigenvalue weighted by Gasteiger charge is -2.17. The van der Waals surface area contributed by atoms with Crippen LogP contribution in [0.2, 0.25) is 0 Å². The van der Waals surface area contributed by atoms with E-state index in [4.69, 9.17) is 102 Å². The highest BCUT2D eigenvalue weighted by Gasteiger charge is 2.20. The molecule has 0 spiro atoms. The summed E-state index contributed by atoms with van der Waals surface area (Å²) in [5.41, 5.74) is 6.83. The van der Waals surface area contributed by atoms with E-state index in [1.54, 1.807) is 38.1 Å². The molecule has 9 N–H and O–H groups in total. The van der Waals surface area contributed by atoms with E-state index in [1.807, 2.05) is 0 Å². The SMILES string of the molecule is C=C(C)C(=O)Cl.C=C(C)C(=O)Cl.C=C(C)C(=O)O.C=C(C)C(=O)O.C=C(C)C(=O)OCc1cc(COC(=O)C(=C)C)c(COC(=O)C(=C)C)cc1COC(=O)C(=C)C.C=C(C)C(=O)Oc1ccc(OC(=O)C(=C)C)c(OC(=O)C(=C)C)c1.CCN(CC)CC.CCN(CC)CC.OCc1cc(CO)c(CO)cc1CO.Oc1ccc(O)c(O)c1. The number of phenolic OH excluding ortho intramolecular Hbond substituents is 3. The minimum Gasteiger partial charge on any atom is -0.508 e. The quantitative estimate of drug-likeness (QED) is 0.00417. The molecule has 658 valence electrons. The Morgan fingerprint density at radius 3 is 0.714 bits per heavy atom. The van der Waals surface area contributed by atoms with Gasteiger partial charge in [0.05, 0.1) is 26.4 Å². The largest absolute Gasteiger partial charge is 0.508 e. The smallest absolute Gasteiger partial charge is 0.338 e. The van der Waals surface area contributed by atoms with Gasteiger partial charge in [-0.1, -0.05) is 126 Å². The third-order valence-corrected chi connectivity index (χ3v) is 14.8. The third-order valence-electron chi connectivity index (χ3n) is 14.2. The fourth-order valence-corrected chi connectivity index (χ4v) is 6.91. The van der Waals surface area contributed by atoms with Crippen LogP contribution in [-0.4, -0.2) is 159 Å². The molecule has 29 nitrogen and oxygen atoms in total. The summed E-state index contributed by atoms with van der Waals surface area (Å²) >= 11 is 9.75. The van der Waals surface area contributed by atoms with Gasteiger partial charge in [0.25, 0.3) is 0 Å². The van der Waals surface area contributed by atoms with E-state index in [0.717, 1.165) is 6.07 Å². The molecule has 0 fully saturated rings. The highest BCUT2D eigenvalue weighted by molar-refractivity contribution is 6.67. The predicted octanol–water partition coefficient (Wildman–Crippen LogP) is 14.4. The summed E-state index contributed by atoms with van der Waals surface area (Å²) in [4.78, 5) is 126. The fraction of sp³-hybridized carbons (Fsp3) is 0.352. The van der Waals surface area contributed by atoms with Gasteiger partial charge in [0.15, 0.2) is 23.0 Å². The number of aromatic hydroxyl groups is 3. The van der Waals surface area contributed by atoms with Crippen LogP contribution >= 0.6 is 23.2 Å². The van der Waals surface area contributed by atoms with Crippen LogP contribution < -0.4 is 14.2 Å². The van der Waals surface area contributed by atoms with Crippen molar-refractivity contribution in [3.63, 3.8) is 0 Å². The highest BCUT2D eigenvalue weighted by atomic mass is 35.5. The first-order valence-electron chi connectivity index (χ1n) is 36.1. The van der Waals surface area contributed by atoms with E-state index in [1.165, 1.54) is 132 Å². The minimum absolute atomic E-state index is 0.0206. The Kier molecular flexibility index (Phi) is 65.9. The molecule has 119 heavy (non-hydrogen) atoms. The number of carbonyl (C=O) groups excluding carboxylic acids is 9. The second-order valence-corrected chi connectivity index (χ2v) is 25.8. The summed E-state index contributed by atoms with van der Waals surface area (Å²) < 4.78 is 36.3. The van der Waals surface area contributed by atoms with E-state index in [-0.39, 0.29) is 138 Å². The molecule has 0 amide bonds. The molecular weight excluding hydrogens is 1590 g/mol. The Morgan fingerprint density at radius 2 is 0.529 bits per heavy atom. The minimum atomic E-state index is -0.935. The van der Waals surface area contributed by atoms with E-state index in [2.05, 4.69) is 124 Å². The molecule has 0 aliphatic heterocycles. The number of hydrogen-bond acceptors (Lipinski definition) is 27. The standard InChI is InChI=1S/C26H30O8.C18H18O6.C10H14O4.2C6H15N.C6H6O3.2C4H5ClO.2C4H6O2/c1-15(2)23(27)31-11-19-9-21(13-33-25(29)17(5)6)22(14-34-26(30)18(7)8)10-20(19)12-32-24(28)16(3)4;1-10(2)16(19)22-13-7-8-14(23-17(20)11(3)4)15(9-13)24-18(21)12(5)6;11-3-7-1-8(4-12)10(6-14)2-9(7)5-13;2*1-4-7(5-2)6-3;7-4-1-2-5(8)6(9)3-4;4*1-3(2)4(5)6/h9-10H,1,3,5,7,11-14H2,2,4,6,8H3;7-9H,1,3,5H2,2,4,6H3;1-2,11-14H,3-6H2;2*4-6H2,1-3H3;1-3,7-9H;2*1H2,2H3;2*1H2,2H3,(H,5,6). The number of allylic oxidation sites excluding steroid dienone is 2. The van der Waals surface area contributed by atoms with Crippen molar-refractivity contribution in [3.05, 3.63) is 239 Å². The molecule has 0 heterocycles. The van der Waals surface area contributed by atoms with Crippen LogP contribution in [0.25, 0.3) is 0 Å². The number of aliphatic hydroxyl groups excluding tert-OH is 4. The third kappa shape index (κ3) is 57.1. The summed E-state index contributed by atoms with van der Waals surface area (Å²) in [6, 6.07) is 14.0. The zero-order valence-corrected chi connectivity index (χ0v) is 73.0. The lowest BCUT2D eigenvalue weighted by Crippen LogP contribution is -2.21. The Morgan fingerprint density at radius 1 is 0.303 bits per heavy atom. The number of halogens is 2. The molecule has 31 heteroatoms. The van der Waals surface area contributed by atoms with Crippen molar-refractivity contribution >= 4 is 87.4 Å². The summed E-state index contributed by atoms with van der Waals surface area (Å²) in [7, 11) is 0. The van der Waals surface area contributed by atoms with Crippen LogP contribution in [0.4, 0.5) is 0 Å². The molecular formula is C88H120Cl2N2O27. The summed E-state index contributed by atoms with van der Waals surface area (Å²) in [6.07, 6.45) is 0. The van der Waals surface area contributed by atoms with Crippen LogP contribution in [0.15, 0.2) is 194 Å². The summed E-state index contributed by atoms with van der Waals surface area (Å²) in [5.74, 6) is -6.92. The molecule has 0 saturated heterocycles. The van der Waals surface area contributed by atoms with E-state index >= 15 is 0 Å². The molecule has 0 radical (unpaired) electrons. The summed E-state index contributed by atoms with van der Waals surface area (Å²) in [6.45, 7) is 72.9. The van der Waals surface area contributed by atoms with Gasteiger partial charge in [0.1, 0.15) is 37.9 Å². The van der Waals surface area contributed by atoms with Gasteiger partial charge >= 0.3 is 53.7 Å². The molecule has 0 aliphatic carbocycles. The number of nitrogens with zero attached hydrogens (tertiary/aromatic N) is 2. The van der Waals surface area contributed by atoms with Crippen molar-refractivity contribution in [1.29, 1.82) is 0 Å². The average Bonchev–Trinajstić information content (AvgIpc) is 0.831. The number of carboxylic acid groups (broad SMARTS) is 2. The number of esters is 7. The van der Waals surface area contributed by atoms with Crippen LogP contribution in [0.3, 0.4) is 0 Å². The monoisotopic (exact) mass is 1710 g/mol. The topological polar surface area (TPSA) is 441 Å². The second-order valence-electron chi connectivity index (χ2n) is 25.1. The zero-order valence-electron chi connectivity index (χ0n) is 71.5. The van der Waals surface area contributed by atoms with Crippen LogP contribution in [0.1, 0.15) is 162 Å². The number of rotatable bonds is 32. The number of aliphatic hydroxyl groups is 4. The number of carbonyl (C=O) groups is 11. The van der Waals surface area contributed by atoms with E-state index < -0.39 is 64.2 Å². The Hall–Kier alpha value is -11.7. The normalized spacial score (nSPS) is 9.49. The Labute approximate surface area is 708 Å². The molecule has 4 aromatic rings. The first-order chi connectivity index (χ1) is 55.2. The van der Waals surface area contributed by atoms with Crippen LogP contribution in [0.5, 0.6) is 34.5 Å². The molecule has 0 aromatic heterocycles. The maximum Gasteiger partial charge on any atom is 0.338 e. The van der Waals surface area contributed by atoms with Gasteiger partial charge < -0.3 is 88.9 Å². The molecule has 0 atom stereocenters. The number of benzene rings is 4. The maximum absolute atomic E-state index is 11.9. The summed E-state index contributed by atoms with van der Waals surface area (Å²) in [5, 5.41) is 76.8. The van der Waals surface area contributed by atoms with Gasteiger partial charge in [-0.05, 0) is 220 Å². The maximum atomic E-state index is 11.9. The number of phenols is 3. The Balaban J connectivity index is -0.000000325. The lowest BCUT2D eigenvalue weighted by molar-refractivity contribution is -0.142. The number of carboxylic acids is 2. The van der Waals surface area contributed by atoms with Gasteiger partial charge in [0, 0.05) is 73.4 Å². The molecule has 4 aromatic carbocycles. The molecule has 0 saturated carbocycles. The Bertz CT molecular complexity index is 3810. The zero-order chi connectivity index (χ0) is 93.9. The van der Waals surface area contributed by atoms with Crippen molar-refractivity contribution in [2.24, 2.45) is 0 Å². The van der Waals surface area contributed by atoms with Gasteiger partial charge in [-0.15, -0.1) is 0 Å². The molecule has 0 aliphatic rings. The van der Waals surface area contributed by atoms with Crippen molar-refractivity contribution in [2.45, 2.75) is 171 Å². The molecule has 0 unspecified atom stereocenters. The predicted molar refractivity (Wildman–Crippen MR) is 457 cm³/mol. The number of ether oxygens (including phenoxy) is 7. The van der Waals surface area contributed by atoms with Gasteiger partial charge in [-0.3, -0.25) is 9.59 Å². The van der Waals surface area contributed by atoms with Gasteiger partial charge in [-0.2, -0.15) is 0 Å². The first-order valence-corrected chi connectivity index (χ1v) is 36.9. The first kappa shape index (κ1) is 118. The van der Waals surface area contributed by atoms with Crippen LogP contribution in [-0.2, 0) is 125 Å². The molecule has 4 rings (SSSR count). The van der Waals surface area contributed by atoms with E-state index in [0.29, 0.717) is 55.7 Å².